The molecule has 0 aliphatic carbocycles. The summed E-state index contributed by atoms with van der Waals surface area (Å²) in [6.45, 7) is 4.49. The van der Waals surface area contributed by atoms with E-state index in [0.29, 0.717) is 31.7 Å². The minimum Gasteiger partial charge on any atom is -0.480 e. The van der Waals surface area contributed by atoms with Crippen LogP contribution in [0.2, 0.25) is 0 Å². The summed E-state index contributed by atoms with van der Waals surface area (Å²) in [6, 6.07) is -2.54. The van der Waals surface area contributed by atoms with Crippen LogP contribution in [0, 0.1) is 5.92 Å². The summed E-state index contributed by atoms with van der Waals surface area (Å²) in [5, 5.41) is 23.8. The topological polar surface area (TPSA) is 145 Å². The molecule has 0 spiro atoms. The summed E-state index contributed by atoms with van der Waals surface area (Å²) in [4.78, 5) is 38.6. The van der Waals surface area contributed by atoms with Gasteiger partial charge >= 0.3 is 5.97 Å². The molecule has 1 aliphatic rings. The normalized spacial score (nSPS) is 21.0. The number of carboxylic acids is 1. The summed E-state index contributed by atoms with van der Waals surface area (Å²) in [5.74, 6) is -1.35. The van der Waals surface area contributed by atoms with Crippen molar-refractivity contribution in [1.29, 1.82) is 0 Å². The fourth-order valence-electron chi connectivity index (χ4n) is 3.25. The zero-order valence-corrected chi connectivity index (χ0v) is 17.5. The first-order chi connectivity index (χ1) is 13.3. The molecule has 0 unspecified atom stereocenters. The molecule has 0 bridgehead atoms. The van der Waals surface area contributed by atoms with E-state index in [9.17, 15) is 19.5 Å². The first-order valence-electron chi connectivity index (χ1n) is 9.81. The van der Waals surface area contributed by atoms with Crippen LogP contribution in [0.3, 0.4) is 0 Å². The Morgan fingerprint density at radius 2 is 2.04 bits per heavy atom. The molecule has 0 aromatic rings. The third-order valence-corrected chi connectivity index (χ3v) is 5.65. The molecule has 5 atom stereocenters. The van der Waals surface area contributed by atoms with Gasteiger partial charge in [-0.2, -0.15) is 12.6 Å². The number of hydrogen-bond donors (Lipinski definition) is 6. The molecule has 0 aromatic carbocycles. The highest BCUT2D eigenvalue weighted by molar-refractivity contribution is 7.80. The van der Waals surface area contributed by atoms with Gasteiger partial charge < -0.3 is 31.5 Å². The molecule has 1 rings (SSSR count). The van der Waals surface area contributed by atoms with Crippen molar-refractivity contribution in [1.82, 2.24) is 15.5 Å². The van der Waals surface area contributed by atoms with E-state index in [-0.39, 0.29) is 30.9 Å². The van der Waals surface area contributed by atoms with Crippen LogP contribution in [0.25, 0.3) is 0 Å². The highest BCUT2D eigenvalue weighted by Gasteiger charge is 2.39. The van der Waals surface area contributed by atoms with Crippen molar-refractivity contribution in [2.45, 2.75) is 63.7 Å². The maximum Gasteiger partial charge on any atom is 0.326 e. The summed E-state index contributed by atoms with van der Waals surface area (Å²) >= 11 is 4.16. The van der Waals surface area contributed by atoms with Crippen LogP contribution in [0.15, 0.2) is 0 Å². The van der Waals surface area contributed by atoms with Crippen LogP contribution in [0.1, 0.15) is 39.5 Å². The number of nitrogens with two attached hydrogens (primary N) is 1. The SMILES string of the molecule is CC[C@H](C)[C@H](NC[C@@H](N)CS)C(=O)N1CCC[C@H]1C(=O)N[C@@H](CCO)C(=O)O. The van der Waals surface area contributed by atoms with Crippen LogP contribution in [-0.4, -0.2) is 82.5 Å². The Labute approximate surface area is 171 Å². The van der Waals surface area contributed by atoms with Gasteiger partial charge in [0.05, 0.1) is 6.04 Å². The van der Waals surface area contributed by atoms with E-state index in [2.05, 4.69) is 23.3 Å². The molecule has 0 aromatic heterocycles. The predicted molar refractivity (Wildman–Crippen MR) is 109 cm³/mol. The zero-order chi connectivity index (χ0) is 21.3. The van der Waals surface area contributed by atoms with Crippen molar-refractivity contribution >= 4 is 30.4 Å². The number of thiol groups is 1. The van der Waals surface area contributed by atoms with Crippen LogP contribution in [-0.2, 0) is 14.4 Å². The van der Waals surface area contributed by atoms with E-state index in [4.69, 9.17) is 10.8 Å². The first-order valence-corrected chi connectivity index (χ1v) is 10.4. The number of aliphatic hydroxyl groups is 1. The lowest BCUT2D eigenvalue weighted by Crippen LogP contribution is -2.57. The molecular weight excluding hydrogens is 384 g/mol. The Hall–Kier alpha value is -1.36. The number of carbonyl (C=O) groups is 3. The van der Waals surface area contributed by atoms with Gasteiger partial charge in [-0.25, -0.2) is 4.79 Å². The van der Waals surface area contributed by atoms with Crippen molar-refractivity contribution in [3.8, 4) is 0 Å². The second-order valence-electron chi connectivity index (χ2n) is 7.32. The largest absolute Gasteiger partial charge is 0.480 e. The summed E-state index contributed by atoms with van der Waals surface area (Å²) in [7, 11) is 0. The number of nitrogens with one attached hydrogen (secondary N) is 2. The van der Waals surface area contributed by atoms with Crippen LogP contribution in [0.4, 0.5) is 0 Å². The van der Waals surface area contributed by atoms with Gasteiger partial charge in [0.1, 0.15) is 12.1 Å². The summed E-state index contributed by atoms with van der Waals surface area (Å²) < 4.78 is 0. The molecule has 28 heavy (non-hydrogen) atoms. The van der Waals surface area contributed by atoms with E-state index in [1.165, 1.54) is 4.90 Å². The smallest absolute Gasteiger partial charge is 0.326 e. The number of carboxylic acid groups (broad SMARTS) is 1. The number of nitrogens with zero attached hydrogens (tertiary/aromatic N) is 1. The molecule has 1 fully saturated rings. The number of likely N-dealkylation sites (tertiary alicyclic amines) is 1. The molecule has 0 saturated carbocycles. The lowest BCUT2D eigenvalue weighted by molar-refractivity contribution is -0.145. The van der Waals surface area contributed by atoms with E-state index in [1.807, 2.05) is 13.8 Å². The van der Waals surface area contributed by atoms with Crippen molar-refractivity contribution in [2.24, 2.45) is 11.7 Å². The van der Waals surface area contributed by atoms with E-state index in [0.717, 1.165) is 6.42 Å². The first kappa shape index (κ1) is 24.7. The standard InChI is InChI=1S/C18H34N4O5S/c1-3-11(2)15(20-9-12(19)10-28)17(25)22-7-4-5-14(22)16(24)21-13(6-8-23)18(26)27/h11-15,20,23,28H,3-10,19H2,1-2H3,(H,21,24)(H,26,27)/t11-,12+,13-,14-,15-/m0/s1. The molecule has 10 heteroatoms. The Morgan fingerprint density at radius 1 is 1.36 bits per heavy atom. The minimum absolute atomic E-state index is 0.0464. The lowest BCUT2D eigenvalue weighted by Gasteiger charge is -2.32. The Bertz CT molecular complexity index is 536. The molecule has 1 aliphatic heterocycles. The maximum absolute atomic E-state index is 13.2. The summed E-state index contributed by atoms with van der Waals surface area (Å²) in [6.07, 6.45) is 1.85. The number of amides is 2. The predicted octanol–water partition coefficient (Wildman–Crippen LogP) is -0.809. The van der Waals surface area contributed by atoms with Gasteiger partial charge in [-0.05, 0) is 18.8 Å². The lowest BCUT2D eigenvalue weighted by atomic mass is 9.97. The third-order valence-electron chi connectivity index (χ3n) is 5.18. The van der Waals surface area contributed by atoms with Crippen molar-refractivity contribution in [3.05, 3.63) is 0 Å². The van der Waals surface area contributed by atoms with Crippen LogP contribution >= 0.6 is 12.6 Å². The minimum atomic E-state index is -1.21. The second-order valence-corrected chi connectivity index (χ2v) is 7.68. The summed E-state index contributed by atoms with van der Waals surface area (Å²) in [5.41, 5.74) is 5.90. The van der Waals surface area contributed by atoms with Gasteiger partial charge in [0.15, 0.2) is 0 Å². The number of carbonyl (C=O) groups excluding carboxylic acids is 2. The number of aliphatic hydroxyl groups excluding tert-OH is 1. The average molecular weight is 419 g/mol. The van der Waals surface area contributed by atoms with Crippen molar-refractivity contribution in [2.75, 3.05) is 25.4 Å². The molecule has 9 nitrogen and oxygen atoms in total. The number of aliphatic carboxylic acids is 1. The molecule has 1 heterocycles. The fraction of sp³-hybridized carbons (Fsp3) is 0.833. The quantitative estimate of drug-likeness (QED) is 0.227. The third kappa shape index (κ3) is 6.91. The Morgan fingerprint density at radius 3 is 2.57 bits per heavy atom. The molecule has 1 saturated heterocycles. The maximum atomic E-state index is 13.2. The van der Waals surface area contributed by atoms with Gasteiger partial charge in [0.2, 0.25) is 11.8 Å². The molecule has 162 valence electrons. The highest BCUT2D eigenvalue weighted by Crippen LogP contribution is 2.21. The second kappa shape index (κ2) is 12.3. The van der Waals surface area contributed by atoms with Crippen molar-refractivity contribution < 1.29 is 24.6 Å². The molecular formula is C18H34N4O5S. The average Bonchev–Trinajstić information content (AvgIpc) is 3.16. The number of rotatable bonds is 12. The zero-order valence-electron chi connectivity index (χ0n) is 16.6. The monoisotopic (exact) mass is 418 g/mol. The van der Waals surface area contributed by atoms with Gasteiger partial charge in [-0.3, -0.25) is 9.59 Å². The molecule has 2 amide bonds. The van der Waals surface area contributed by atoms with Crippen LogP contribution < -0.4 is 16.4 Å². The van der Waals surface area contributed by atoms with E-state index < -0.39 is 30.0 Å². The Balaban J connectivity index is 2.87. The van der Waals surface area contributed by atoms with E-state index in [1.54, 1.807) is 0 Å². The van der Waals surface area contributed by atoms with E-state index >= 15 is 0 Å². The Kier molecular flexibility index (Phi) is 10.8. The van der Waals surface area contributed by atoms with Crippen LogP contribution in [0.5, 0.6) is 0 Å². The number of hydrogen-bond acceptors (Lipinski definition) is 7. The highest BCUT2D eigenvalue weighted by atomic mass is 32.1. The molecule has 6 N–H and O–H groups in total. The van der Waals surface area contributed by atoms with Gasteiger partial charge in [-0.15, -0.1) is 0 Å². The van der Waals surface area contributed by atoms with Gasteiger partial charge in [-0.1, -0.05) is 20.3 Å². The van der Waals surface area contributed by atoms with Gasteiger partial charge in [0, 0.05) is 37.9 Å². The van der Waals surface area contributed by atoms with Crippen molar-refractivity contribution in [3.63, 3.8) is 0 Å². The van der Waals surface area contributed by atoms with Gasteiger partial charge in [0.25, 0.3) is 0 Å². The fourth-order valence-corrected chi connectivity index (χ4v) is 3.38. The molecule has 0 radical (unpaired) electrons.